The molecule has 0 radical (unpaired) electrons. The zero-order valence-corrected chi connectivity index (χ0v) is 12.9. The van der Waals surface area contributed by atoms with Crippen LogP contribution in [0.5, 0.6) is 0 Å². The van der Waals surface area contributed by atoms with Crippen molar-refractivity contribution in [3.05, 3.63) is 34.9 Å². The van der Waals surface area contributed by atoms with Crippen molar-refractivity contribution >= 4 is 17.5 Å². The van der Waals surface area contributed by atoms with Crippen LogP contribution >= 0.6 is 11.6 Å². The minimum atomic E-state index is -0.442. The molecule has 114 valence electrons. The molecule has 1 amide bonds. The second-order valence-corrected chi connectivity index (χ2v) is 6.81. The molecule has 0 aromatic heterocycles. The van der Waals surface area contributed by atoms with Crippen molar-refractivity contribution in [2.45, 2.75) is 62.5 Å². The Labute approximate surface area is 130 Å². The average molecular weight is 308 g/mol. The second-order valence-electron chi connectivity index (χ2n) is 6.38. The number of aliphatic hydroxyl groups excluding tert-OH is 1. The molecule has 2 fully saturated rings. The molecule has 0 spiro atoms. The summed E-state index contributed by atoms with van der Waals surface area (Å²) in [7, 11) is 0. The standard InChI is InChI=1S/C17H22ClNO2/c18-13-6-3-5-12(11-13)17(9-4-10-17)16(21)19-14-7-1-2-8-15(14)20/h3,5-6,11,14-15,20H,1-2,4,7-10H2,(H,19,21). The molecule has 2 saturated carbocycles. The Morgan fingerprint density at radius 3 is 2.62 bits per heavy atom. The van der Waals surface area contributed by atoms with Gasteiger partial charge in [0.15, 0.2) is 0 Å². The number of rotatable bonds is 3. The first-order valence-corrected chi connectivity index (χ1v) is 8.25. The van der Waals surface area contributed by atoms with Crippen LogP contribution < -0.4 is 5.32 Å². The van der Waals surface area contributed by atoms with Gasteiger partial charge in [-0.05, 0) is 43.4 Å². The number of benzene rings is 1. The number of halogens is 1. The highest BCUT2D eigenvalue weighted by Gasteiger charge is 2.46. The third-order valence-corrected chi connectivity index (χ3v) is 5.30. The summed E-state index contributed by atoms with van der Waals surface area (Å²) in [6.07, 6.45) is 6.17. The quantitative estimate of drug-likeness (QED) is 0.901. The fourth-order valence-corrected chi connectivity index (χ4v) is 3.74. The van der Waals surface area contributed by atoms with Crippen LogP contribution in [0.1, 0.15) is 50.5 Å². The van der Waals surface area contributed by atoms with E-state index in [0.717, 1.165) is 50.5 Å². The Balaban J connectivity index is 1.77. The van der Waals surface area contributed by atoms with Crippen LogP contribution in [0.15, 0.2) is 24.3 Å². The molecular formula is C17H22ClNO2. The van der Waals surface area contributed by atoms with E-state index in [2.05, 4.69) is 5.32 Å². The third-order valence-electron chi connectivity index (χ3n) is 5.06. The van der Waals surface area contributed by atoms with E-state index >= 15 is 0 Å². The maximum atomic E-state index is 12.8. The summed E-state index contributed by atoms with van der Waals surface area (Å²) in [5.41, 5.74) is 0.561. The van der Waals surface area contributed by atoms with Crippen LogP contribution in [-0.2, 0) is 10.2 Å². The average Bonchev–Trinajstić information content (AvgIpc) is 2.40. The molecule has 21 heavy (non-hydrogen) atoms. The fraction of sp³-hybridized carbons (Fsp3) is 0.588. The van der Waals surface area contributed by atoms with Gasteiger partial charge in [0.2, 0.25) is 5.91 Å². The monoisotopic (exact) mass is 307 g/mol. The Morgan fingerprint density at radius 1 is 1.24 bits per heavy atom. The number of amides is 1. The molecule has 4 heteroatoms. The third kappa shape index (κ3) is 2.82. The maximum absolute atomic E-state index is 12.8. The van der Waals surface area contributed by atoms with Crippen molar-refractivity contribution in [3.8, 4) is 0 Å². The van der Waals surface area contributed by atoms with E-state index in [1.54, 1.807) is 0 Å². The highest BCUT2D eigenvalue weighted by molar-refractivity contribution is 6.30. The lowest BCUT2D eigenvalue weighted by molar-refractivity contribution is -0.132. The summed E-state index contributed by atoms with van der Waals surface area (Å²) in [6.45, 7) is 0. The first-order valence-electron chi connectivity index (χ1n) is 7.87. The molecule has 2 atom stereocenters. The highest BCUT2D eigenvalue weighted by Crippen LogP contribution is 2.44. The van der Waals surface area contributed by atoms with Crippen LogP contribution in [0.3, 0.4) is 0 Å². The van der Waals surface area contributed by atoms with Gasteiger partial charge in [-0.15, -0.1) is 0 Å². The van der Waals surface area contributed by atoms with E-state index in [4.69, 9.17) is 11.6 Å². The summed E-state index contributed by atoms with van der Waals surface area (Å²) in [6, 6.07) is 7.53. The van der Waals surface area contributed by atoms with Gasteiger partial charge in [-0.25, -0.2) is 0 Å². The van der Waals surface area contributed by atoms with Crippen LogP contribution in [-0.4, -0.2) is 23.2 Å². The molecule has 2 unspecified atom stereocenters. The lowest BCUT2D eigenvalue weighted by Gasteiger charge is -2.42. The van der Waals surface area contributed by atoms with Crippen molar-refractivity contribution in [2.24, 2.45) is 0 Å². The van der Waals surface area contributed by atoms with Gasteiger partial charge in [-0.2, -0.15) is 0 Å². The topological polar surface area (TPSA) is 49.3 Å². The predicted molar refractivity (Wildman–Crippen MR) is 83.4 cm³/mol. The van der Waals surface area contributed by atoms with Crippen molar-refractivity contribution < 1.29 is 9.90 Å². The molecule has 2 N–H and O–H groups in total. The summed E-state index contributed by atoms with van der Waals surface area (Å²) in [5.74, 6) is 0.0574. The van der Waals surface area contributed by atoms with Gasteiger partial charge in [0.05, 0.1) is 17.6 Å². The number of hydrogen-bond donors (Lipinski definition) is 2. The molecule has 0 bridgehead atoms. The minimum Gasteiger partial charge on any atom is -0.391 e. The molecule has 0 heterocycles. The van der Waals surface area contributed by atoms with E-state index in [1.165, 1.54) is 0 Å². The largest absolute Gasteiger partial charge is 0.391 e. The first kappa shape index (κ1) is 14.9. The van der Waals surface area contributed by atoms with Crippen LogP contribution in [0.25, 0.3) is 0 Å². The van der Waals surface area contributed by atoms with Crippen LogP contribution in [0.4, 0.5) is 0 Å². The Hall–Kier alpha value is -1.06. The highest BCUT2D eigenvalue weighted by atomic mass is 35.5. The molecule has 1 aromatic carbocycles. The van der Waals surface area contributed by atoms with Crippen molar-refractivity contribution in [2.75, 3.05) is 0 Å². The van der Waals surface area contributed by atoms with Gasteiger partial charge >= 0.3 is 0 Å². The summed E-state index contributed by atoms with van der Waals surface area (Å²) >= 11 is 6.08. The molecule has 1 aromatic rings. The van der Waals surface area contributed by atoms with Gasteiger partial charge in [-0.3, -0.25) is 4.79 Å². The van der Waals surface area contributed by atoms with Crippen molar-refractivity contribution in [1.29, 1.82) is 0 Å². The molecular weight excluding hydrogens is 286 g/mol. The van der Waals surface area contributed by atoms with E-state index in [-0.39, 0.29) is 11.9 Å². The van der Waals surface area contributed by atoms with Crippen LogP contribution in [0, 0.1) is 0 Å². The molecule has 2 aliphatic rings. The van der Waals surface area contributed by atoms with Gasteiger partial charge in [-0.1, -0.05) is 43.0 Å². The van der Waals surface area contributed by atoms with E-state index < -0.39 is 11.5 Å². The van der Waals surface area contributed by atoms with Crippen molar-refractivity contribution in [1.82, 2.24) is 5.32 Å². The molecule has 0 aliphatic heterocycles. The van der Waals surface area contributed by atoms with E-state index in [0.29, 0.717) is 5.02 Å². The Kier molecular flexibility index (Phi) is 4.23. The molecule has 3 nitrogen and oxygen atoms in total. The fourth-order valence-electron chi connectivity index (χ4n) is 3.55. The minimum absolute atomic E-state index is 0.0574. The lowest BCUT2D eigenvalue weighted by atomic mass is 9.63. The predicted octanol–water partition coefficient (Wildman–Crippen LogP) is 3.18. The van der Waals surface area contributed by atoms with E-state index in [1.807, 2.05) is 24.3 Å². The zero-order chi connectivity index (χ0) is 14.9. The Bertz CT molecular complexity index is 527. The summed E-state index contributed by atoms with van der Waals surface area (Å²) in [5, 5.41) is 13.8. The van der Waals surface area contributed by atoms with E-state index in [9.17, 15) is 9.90 Å². The van der Waals surface area contributed by atoms with Gasteiger partial charge in [0.25, 0.3) is 0 Å². The Morgan fingerprint density at radius 2 is 2.00 bits per heavy atom. The lowest BCUT2D eigenvalue weighted by Crippen LogP contribution is -2.55. The molecule has 3 rings (SSSR count). The smallest absolute Gasteiger partial charge is 0.230 e. The normalized spacial score (nSPS) is 27.7. The molecule has 2 aliphatic carbocycles. The van der Waals surface area contributed by atoms with Crippen molar-refractivity contribution in [3.63, 3.8) is 0 Å². The van der Waals surface area contributed by atoms with Crippen LogP contribution in [0.2, 0.25) is 5.02 Å². The van der Waals surface area contributed by atoms with Gasteiger partial charge in [0, 0.05) is 5.02 Å². The first-order chi connectivity index (χ1) is 10.1. The number of hydrogen-bond acceptors (Lipinski definition) is 2. The number of carbonyl (C=O) groups excluding carboxylic acids is 1. The zero-order valence-electron chi connectivity index (χ0n) is 12.1. The number of carbonyl (C=O) groups is 1. The summed E-state index contributed by atoms with van der Waals surface area (Å²) in [4.78, 5) is 12.8. The maximum Gasteiger partial charge on any atom is 0.230 e. The van der Waals surface area contributed by atoms with Gasteiger partial charge in [0.1, 0.15) is 0 Å². The number of aliphatic hydroxyl groups is 1. The number of nitrogens with one attached hydrogen (secondary N) is 1. The molecule has 0 saturated heterocycles. The SMILES string of the molecule is O=C(NC1CCCCC1O)C1(c2cccc(Cl)c2)CCC1. The second kappa shape index (κ2) is 5.98. The summed E-state index contributed by atoms with van der Waals surface area (Å²) < 4.78 is 0. The van der Waals surface area contributed by atoms with Gasteiger partial charge < -0.3 is 10.4 Å².